The number of methoxy groups -OCH3 is 1. The molecule has 1 N–H and O–H groups in total. The summed E-state index contributed by atoms with van der Waals surface area (Å²) < 4.78 is 15.8. The van der Waals surface area contributed by atoms with Crippen molar-refractivity contribution in [3.63, 3.8) is 0 Å². The summed E-state index contributed by atoms with van der Waals surface area (Å²) >= 11 is 0. The summed E-state index contributed by atoms with van der Waals surface area (Å²) in [5, 5.41) is 3.11. The van der Waals surface area contributed by atoms with Crippen molar-refractivity contribution in [3.8, 4) is 0 Å². The Bertz CT molecular complexity index is 205. The van der Waals surface area contributed by atoms with Gasteiger partial charge in [0.25, 0.3) is 0 Å². The molecule has 1 saturated heterocycles. The second kappa shape index (κ2) is 4.00. The quantitative estimate of drug-likeness (QED) is 0.555. The van der Waals surface area contributed by atoms with Gasteiger partial charge in [-0.25, -0.2) is 0 Å². The van der Waals surface area contributed by atoms with Gasteiger partial charge in [0.15, 0.2) is 0 Å². The van der Waals surface area contributed by atoms with Crippen molar-refractivity contribution in [2.45, 2.75) is 18.2 Å². The summed E-state index contributed by atoms with van der Waals surface area (Å²) in [5.41, 5.74) is 0. The topological polar surface area (TPSA) is 55.4 Å². The molecule has 1 heterocycles. The molecule has 5 heteroatoms. The van der Waals surface area contributed by atoms with Gasteiger partial charge in [-0.05, 0) is 6.92 Å². The molecule has 0 aromatic heterocycles. The molecule has 12 heavy (non-hydrogen) atoms. The van der Waals surface area contributed by atoms with E-state index in [1.54, 1.807) is 0 Å². The summed E-state index contributed by atoms with van der Waals surface area (Å²) in [6.07, 6.45) is 0. The molecule has 1 fully saturated rings. The van der Waals surface area contributed by atoms with Crippen LogP contribution in [0, 0.1) is 0 Å². The molecule has 0 aromatic carbocycles. The second-order valence-electron chi connectivity index (χ2n) is 2.84. The maximum atomic E-state index is 11.3. The van der Waals surface area contributed by atoms with E-state index in [1.807, 2.05) is 6.92 Å². The molecule has 0 aliphatic carbocycles. The van der Waals surface area contributed by atoms with Crippen LogP contribution in [0.4, 0.5) is 0 Å². The average molecular weight is 191 g/mol. The van der Waals surface area contributed by atoms with E-state index in [0.29, 0.717) is 12.3 Å². The van der Waals surface area contributed by atoms with E-state index >= 15 is 0 Å². The number of esters is 1. The molecule has 3 atom stereocenters. The summed E-state index contributed by atoms with van der Waals surface area (Å²) in [4.78, 5) is 11.0. The Morgan fingerprint density at radius 1 is 1.67 bits per heavy atom. The molecule has 70 valence electrons. The van der Waals surface area contributed by atoms with Crippen LogP contribution in [0.2, 0.25) is 0 Å². The zero-order valence-corrected chi connectivity index (χ0v) is 8.02. The molecule has 0 bridgehead atoms. The van der Waals surface area contributed by atoms with Gasteiger partial charge >= 0.3 is 5.97 Å². The van der Waals surface area contributed by atoms with Gasteiger partial charge in [-0.15, -0.1) is 0 Å². The van der Waals surface area contributed by atoms with Crippen LogP contribution in [0.25, 0.3) is 0 Å². The first-order valence-corrected chi connectivity index (χ1v) is 5.21. The number of nitrogens with one attached hydrogen (secondary N) is 1. The minimum atomic E-state index is -0.901. The number of carbonyl (C=O) groups excluding carboxylic acids is 1. The first kappa shape index (κ1) is 9.67. The highest BCUT2D eigenvalue weighted by Gasteiger charge is 2.28. The summed E-state index contributed by atoms with van der Waals surface area (Å²) in [7, 11) is 0.438. The maximum absolute atomic E-state index is 11.3. The predicted molar refractivity (Wildman–Crippen MR) is 46.3 cm³/mol. The third kappa shape index (κ3) is 2.04. The molecular weight excluding hydrogens is 178 g/mol. The maximum Gasteiger partial charge on any atom is 0.323 e. The molecule has 4 nitrogen and oxygen atoms in total. The van der Waals surface area contributed by atoms with Crippen LogP contribution >= 0.6 is 0 Å². The van der Waals surface area contributed by atoms with E-state index in [2.05, 4.69) is 10.1 Å². The highest BCUT2D eigenvalue weighted by molar-refractivity contribution is 7.85. The van der Waals surface area contributed by atoms with Gasteiger partial charge in [0.1, 0.15) is 6.04 Å². The monoisotopic (exact) mass is 191 g/mol. The largest absolute Gasteiger partial charge is 0.468 e. The Balaban J connectivity index is 2.51. The third-order valence-corrected chi connectivity index (χ3v) is 3.64. The zero-order valence-electron chi connectivity index (χ0n) is 7.20. The van der Waals surface area contributed by atoms with Crippen molar-refractivity contribution >= 4 is 16.8 Å². The van der Waals surface area contributed by atoms with E-state index in [-0.39, 0.29) is 17.3 Å². The standard InChI is InChI=1S/C7H13NO3S/c1-5-3-8-6(4-12(5)10)7(9)11-2/h5-6,8H,3-4H2,1-2H3. The van der Waals surface area contributed by atoms with E-state index in [9.17, 15) is 9.00 Å². The third-order valence-electron chi connectivity index (χ3n) is 1.92. The first-order valence-electron chi connectivity index (χ1n) is 3.83. The normalized spacial score (nSPS) is 36.0. The van der Waals surface area contributed by atoms with Crippen LogP contribution in [-0.2, 0) is 20.3 Å². The number of hydrogen-bond acceptors (Lipinski definition) is 4. The Morgan fingerprint density at radius 3 is 2.83 bits per heavy atom. The fraction of sp³-hybridized carbons (Fsp3) is 0.857. The van der Waals surface area contributed by atoms with Crippen molar-refractivity contribution in [1.82, 2.24) is 5.32 Å². The summed E-state index contributed by atoms with van der Waals surface area (Å²) in [5.74, 6) is 0.0450. The second-order valence-corrected chi connectivity index (χ2v) is 4.74. The minimum Gasteiger partial charge on any atom is -0.468 e. The SMILES string of the molecule is COC(=O)C1CS(=O)C(C)CN1. The van der Waals surface area contributed by atoms with Crippen LogP contribution in [0.5, 0.6) is 0 Å². The van der Waals surface area contributed by atoms with E-state index < -0.39 is 10.8 Å². The zero-order chi connectivity index (χ0) is 9.14. The highest BCUT2D eigenvalue weighted by Crippen LogP contribution is 2.05. The predicted octanol–water partition coefficient (Wildman–Crippen LogP) is -0.732. The number of rotatable bonds is 1. The fourth-order valence-electron chi connectivity index (χ4n) is 1.08. The molecule has 0 saturated carbocycles. The van der Waals surface area contributed by atoms with Gasteiger partial charge in [-0.1, -0.05) is 0 Å². The summed E-state index contributed by atoms with van der Waals surface area (Å²) in [6.45, 7) is 2.52. The van der Waals surface area contributed by atoms with E-state index in [4.69, 9.17) is 0 Å². The molecule has 1 rings (SSSR count). The van der Waals surface area contributed by atoms with Gasteiger partial charge in [-0.3, -0.25) is 9.00 Å². The molecule has 1 aliphatic heterocycles. The van der Waals surface area contributed by atoms with Crippen molar-refractivity contribution in [2.75, 3.05) is 19.4 Å². The number of hydrogen-bond donors (Lipinski definition) is 1. The van der Waals surface area contributed by atoms with E-state index in [0.717, 1.165) is 0 Å². The van der Waals surface area contributed by atoms with Crippen molar-refractivity contribution in [1.29, 1.82) is 0 Å². The Kier molecular flexibility index (Phi) is 3.22. The van der Waals surface area contributed by atoms with Crippen LogP contribution in [0.3, 0.4) is 0 Å². The smallest absolute Gasteiger partial charge is 0.323 e. The van der Waals surface area contributed by atoms with Crippen LogP contribution in [0.15, 0.2) is 0 Å². The molecule has 0 amide bonds. The molecule has 1 aliphatic rings. The molecular formula is C7H13NO3S. The summed E-state index contributed by atoms with van der Waals surface area (Å²) in [6, 6.07) is -0.382. The molecule has 0 aromatic rings. The lowest BCUT2D eigenvalue weighted by Crippen LogP contribution is -2.51. The van der Waals surface area contributed by atoms with Gasteiger partial charge in [0.05, 0.1) is 7.11 Å². The van der Waals surface area contributed by atoms with Gasteiger partial charge in [0.2, 0.25) is 0 Å². The van der Waals surface area contributed by atoms with Crippen molar-refractivity contribution in [2.24, 2.45) is 0 Å². The van der Waals surface area contributed by atoms with Gasteiger partial charge < -0.3 is 10.1 Å². The van der Waals surface area contributed by atoms with Crippen molar-refractivity contribution in [3.05, 3.63) is 0 Å². The van der Waals surface area contributed by atoms with Crippen molar-refractivity contribution < 1.29 is 13.7 Å². The fourth-order valence-corrected chi connectivity index (χ4v) is 2.28. The average Bonchev–Trinajstić information content (AvgIpc) is 2.08. The minimum absolute atomic E-state index is 0.130. The van der Waals surface area contributed by atoms with Gasteiger partial charge in [0, 0.05) is 28.3 Å². The van der Waals surface area contributed by atoms with Crippen LogP contribution < -0.4 is 5.32 Å². The Morgan fingerprint density at radius 2 is 2.33 bits per heavy atom. The first-order chi connectivity index (χ1) is 5.65. The van der Waals surface area contributed by atoms with Gasteiger partial charge in [-0.2, -0.15) is 0 Å². The lowest BCUT2D eigenvalue weighted by atomic mass is 10.3. The van der Waals surface area contributed by atoms with Crippen LogP contribution in [0.1, 0.15) is 6.92 Å². The Hall–Kier alpha value is -0.420. The molecule has 3 unspecified atom stereocenters. The molecule has 0 spiro atoms. The number of ether oxygens (including phenoxy) is 1. The highest BCUT2D eigenvalue weighted by atomic mass is 32.2. The van der Waals surface area contributed by atoms with Crippen LogP contribution in [-0.4, -0.2) is 40.9 Å². The Labute approximate surface area is 74.1 Å². The number of carbonyl (C=O) groups is 1. The lowest BCUT2D eigenvalue weighted by molar-refractivity contribution is -0.142. The van der Waals surface area contributed by atoms with E-state index in [1.165, 1.54) is 7.11 Å². The lowest BCUT2D eigenvalue weighted by Gasteiger charge is -2.25. The molecule has 0 radical (unpaired) electrons.